The molecule has 1 atom stereocenters. The van der Waals surface area contributed by atoms with E-state index in [0.717, 1.165) is 11.3 Å². The van der Waals surface area contributed by atoms with Gasteiger partial charge in [-0.3, -0.25) is 0 Å². The third-order valence-corrected chi connectivity index (χ3v) is 1.88. The Kier molecular flexibility index (Phi) is 4.43. The molecule has 1 unspecified atom stereocenters. The van der Waals surface area contributed by atoms with Gasteiger partial charge in [-0.1, -0.05) is 19.1 Å². The van der Waals surface area contributed by atoms with Gasteiger partial charge in [-0.15, -0.1) is 0 Å². The third kappa shape index (κ3) is 3.01. The van der Waals surface area contributed by atoms with Crippen LogP contribution in [0.1, 0.15) is 18.1 Å². The molecular weight excluding hydrogens is 180 g/mol. The summed E-state index contributed by atoms with van der Waals surface area (Å²) in [5.74, 6) is 0.729. The van der Waals surface area contributed by atoms with Gasteiger partial charge in [0.25, 0.3) is 0 Å². The van der Waals surface area contributed by atoms with Gasteiger partial charge in [0.2, 0.25) is 0 Å². The molecule has 14 heavy (non-hydrogen) atoms. The number of aliphatic hydroxyl groups is 1. The zero-order chi connectivity index (χ0) is 10.4. The Labute approximate surface area is 84.3 Å². The van der Waals surface area contributed by atoms with Crippen molar-refractivity contribution in [2.45, 2.75) is 12.5 Å². The van der Waals surface area contributed by atoms with E-state index in [4.69, 9.17) is 9.47 Å². The lowest BCUT2D eigenvalue weighted by Crippen LogP contribution is -1.99. The molecule has 0 aliphatic carbocycles. The second-order valence-corrected chi connectivity index (χ2v) is 2.92. The predicted octanol–water partition coefficient (Wildman–Crippen LogP) is 1.93. The highest BCUT2D eigenvalue weighted by Crippen LogP contribution is 2.19. The maximum Gasteiger partial charge on any atom is 0.188 e. The average molecular weight is 195 g/mol. The Hall–Kier alpha value is -1.06. The Balaban J connectivity index is 2.59. The minimum Gasteiger partial charge on any atom is -0.468 e. The number of ether oxygens (including phenoxy) is 2. The van der Waals surface area contributed by atoms with Gasteiger partial charge in [0, 0.05) is 7.11 Å². The van der Waals surface area contributed by atoms with E-state index in [2.05, 4.69) is 6.92 Å². The zero-order valence-corrected chi connectivity index (χ0v) is 8.27. The molecule has 1 rings (SSSR count). The Morgan fingerprint density at radius 1 is 1.36 bits per heavy atom. The van der Waals surface area contributed by atoms with E-state index in [1.807, 2.05) is 12.1 Å². The summed E-state index contributed by atoms with van der Waals surface area (Å²) in [6.07, 6.45) is -0.0235. The lowest BCUT2D eigenvalue weighted by Gasteiger charge is -2.09. The van der Waals surface area contributed by atoms with Gasteiger partial charge in [0.15, 0.2) is 6.79 Å². The minimum absolute atomic E-state index is 0.233. The van der Waals surface area contributed by atoms with E-state index < -0.39 is 6.10 Å². The second kappa shape index (κ2) is 5.62. The maximum absolute atomic E-state index is 9.47. The summed E-state index contributed by atoms with van der Waals surface area (Å²) in [4.78, 5) is 0. The molecule has 3 nitrogen and oxygen atoms in total. The molecule has 0 spiro atoms. The number of benzene rings is 1. The highest BCUT2D eigenvalue weighted by atomic mass is 16.7. The summed E-state index contributed by atoms with van der Waals surface area (Å²) in [6, 6.07) is 7.24. The van der Waals surface area contributed by atoms with E-state index >= 15 is 0 Å². The van der Waals surface area contributed by atoms with Crippen LogP contribution in [0.3, 0.4) is 0 Å². The van der Waals surface area contributed by atoms with Crippen molar-refractivity contribution in [3.05, 3.63) is 36.8 Å². The van der Waals surface area contributed by atoms with Crippen molar-refractivity contribution in [2.75, 3.05) is 13.9 Å². The van der Waals surface area contributed by atoms with Crippen molar-refractivity contribution in [1.82, 2.24) is 0 Å². The lowest BCUT2D eigenvalue weighted by molar-refractivity contribution is 0.0511. The molecule has 0 aromatic heterocycles. The molecule has 0 saturated carbocycles. The van der Waals surface area contributed by atoms with Crippen LogP contribution in [0.5, 0.6) is 5.75 Å². The molecule has 77 valence electrons. The molecule has 0 heterocycles. The van der Waals surface area contributed by atoms with Crippen LogP contribution < -0.4 is 4.74 Å². The van der Waals surface area contributed by atoms with E-state index in [1.165, 1.54) is 0 Å². The standard InChI is InChI=1S/C11H15O3/c1-3-11(12)9-4-6-10(7-5-9)14-8-13-2/h4-7,11-12H,1,3,8H2,2H3. The first-order valence-electron chi connectivity index (χ1n) is 4.47. The molecule has 1 aromatic rings. The van der Waals surface area contributed by atoms with E-state index in [0.29, 0.717) is 6.42 Å². The SMILES string of the molecule is [CH2]CC(O)c1ccc(OCOC)cc1. The number of methoxy groups -OCH3 is 1. The molecule has 0 saturated heterocycles. The molecule has 0 amide bonds. The quantitative estimate of drug-likeness (QED) is 0.729. The molecule has 1 aromatic carbocycles. The van der Waals surface area contributed by atoms with Crippen molar-refractivity contribution in [1.29, 1.82) is 0 Å². The normalized spacial score (nSPS) is 12.5. The largest absolute Gasteiger partial charge is 0.468 e. The molecule has 3 heteroatoms. The van der Waals surface area contributed by atoms with Gasteiger partial charge >= 0.3 is 0 Å². The first-order valence-corrected chi connectivity index (χ1v) is 4.47. The van der Waals surface area contributed by atoms with Crippen molar-refractivity contribution in [3.8, 4) is 5.75 Å². The first-order chi connectivity index (χ1) is 6.77. The molecular formula is C11H15O3. The molecule has 1 radical (unpaired) electrons. The monoisotopic (exact) mass is 195 g/mol. The summed E-state index contributed by atoms with van der Waals surface area (Å²) < 4.78 is 9.97. The number of hydrogen-bond acceptors (Lipinski definition) is 3. The van der Waals surface area contributed by atoms with Crippen LogP contribution in [0, 0.1) is 6.92 Å². The summed E-state index contributed by atoms with van der Waals surface area (Å²) in [5.41, 5.74) is 0.852. The number of aliphatic hydroxyl groups excluding tert-OH is 1. The fourth-order valence-corrected chi connectivity index (χ4v) is 1.08. The molecule has 0 aliphatic heterocycles. The highest BCUT2D eigenvalue weighted by molar-refractivity contribution is 5.28. The van der Waals surface area contributed by atoms with E-state index in [-0.39, 0.29) is 6.79 Å². The zero-order valence-electron chi connectivity index (χ0n) is 8.27. The molecule has 1 N–H and O–H groups in total. The summed E-state index contributed by atoms with van der Waals surface area (Å²) in [7, 11) is 1.57. The van der Waals surface area contributed by atoms with Gasteiger partial charge in [-0.25, -0.2) is 0 Å². The van der Waals surface area contributed by atoms with E-state index in [9.17, 15) is 5.11 Å². The van der Waals surface area contributed by atoms with Crippen molar-refractivity contribution in [2.24, 2.45) is 0 Å². The van der Waals surface area contributed by atoms with E-state index in [1.54, 1.807) is 19.2 Å². The maximum atomic E-state index is 9.47. The van der Waals surface area contributed by atoms with Gasteiger partial charge < -0.3 is 14.6 Å². The van der Waals surface area contributed by atoms with Crippen molar-refractivity contribution < 1.29 is 14.6 Å². The molecule has 0 fully saturated rings. The second-order valence-electron chi connectivity index (χ2n) is 2.92. The van der Waals surface area contributed by atoms with Gasteiger partial charge in [-0.05, 0) is 24.1 Å². The fraction of sp³-hybridized carbons (Fsp3) is 0.364. The Morgan fingerprint density at radius 2 is 2.00 bits per heavy atom. The lowest BCUT2D eigenvalue weighted by atomic mass is 10.1. The van der Waals surface area contributed by atoms with Crippen LogP contribution in [-0.2, 0) is 4.74 Å². The first kappa shape index (κ1) is 11.0. The Bertz CT molecular complexity index is 256. The van der Waals surface area contributed by atoms with Crippen LogP contribution >= 0.6 is 0 Å². The smallest absolute Gasteiger partial charge is 0.188 e. The molecule has 0 aliphatic rings. The average Bonchev–Trinajstić information content (AvgIpc) is 2.26. The van der Waals surface area contributed by atoms with Crippen LogP contribution in [0.25, 0.3) is 0 Å². The summed E-state index contributed by atoms with van der Waals surface area (Å²) in [6.45, 7) is 3.87. The third-order valence-electron chi connectivity index (χ3n) is 1.88. The fourth-order valence-electron chi connectivity index (χ4n) is 1.08. The van der Waals surface area contributed by atoms with Crippen LogP contribution in [0.4, 0.5) is 0 Å². The van der Waals surface area contributed by atoms with Gasteiger partial charge in [0.05, 0.1) is 6.10 Å². The minimum atomic E-state index is -0.494. The van der Waals surface area contributed by atoms with Crippen molar-refractivity contribution >= 4 is 0 Å². The van der Waals surface area contributed by atoms with Crippen LogP contribution in [0.2, 0.25) is 0 Å². The number of rotatable bonds is 5. The Morgan fingerprint density at radius 3 is 2.50 bits per heavy atom. The summed E-state index contributed by atoms with van der Waals surface area (Å²) in [5, 5.41) is 9.47. The highest BCUT2D eigenvalue weighted by Gasteiger charge is 2.03. The molecule has 0 bridgehead atoms. The van der Waals surface area contributed by atoms with Gasteiger partial charge in [0.1, 0.15) is 5.75 Å². The van der Waals surface area contributed by atoms with Crippen molar-refractivity contribution in [3.63, 3.8) is 0 Å². The van der Waals surface area contributed by atoms with Gasteiger partial charge in [-0.2, -0.15) is 0 Å². The predicted molar refractivity (Wildman–Crippen MR) is 53.9 cm³/mol. The van der Waals surface area contributed by atoms with Crippen LogP contribution in [-0.4, -0.2) is 19.0 Å². The van der Waals surface area contributed by atoms with Crippen LogP contribution in [0.15, 0.2) is 24.3 Å². The number of hydrogen-bond donors (Lipinski definition) is 1. The topological polar surface area (TPSA) is 38.7 Å². The summed E-state index contributed by atoms with van der Waals surface area (Å²) >= 11 is 0.